The van der Waals surface area contributed by atoms with E-state index in [-0.39, 0.29) is 12.6 Å². The molecule has 2 N–H and O–H groups in total. The number of nitrogens with zero attached hydrogens (tertiary/aromatic N) is 1. The van der Waals surface area contributed by atoms with Crippen LogP contribution in [0.25, 0.3) is 0 Å². The van der Waals surface area contributed by atoms with Crippen LogP contribution >= 0.6 is 0 Å². The van der Waals surface area contributed by atoms with Crippen molar-refractivity contribution < 1.29 is 14.6 Å². The number of likely N-dealkylation sites (N-methyl/N-ethyl adjacent to an activating group) is 1. The number of methoxy groups -OCH3 is 1. The number of carbonyl (C=O) groups excluding carboxylic acids is 1. The Kier molecular flexibility index (Phi) is 6.42. The Balaban J connectivity index is 2.08. The molecular weight excluding hydrogens is 316 g/mol. The van der Waals surface area contributed by atoms with Gasteiger partial charge in [-0.05, 0) is 44.0 Å². The number of anilines is 1. The Hall–Kier alpha value is -2.53. The van der Waals surface area contributed by atoms with E-state index < -0.39 is 6.10 Å². The number of nitrogens with one attached hydrogen (secondary N) is 1. The van der Waals surface area contributed by atoms with Crippen molar-refractivity contribution in [2.45, 2.75) is 26.9 Å². The maximum atomic E-state index is 12.6. The normalized spacial score (nSPS) is 11.7. The lowest BCUT2D eigenvalue weighted by molar-refractivity contribution is 0.128. The number of aliphatic hydroxyl groups is 1. The SMILES string of the molecule is CCN(CC(O)c1ccc(C)cc1)C(=O)Nc1cc(C)ccc1OC. The summed E-state index contributed by atoms with van der Waals surface area (Å²) in [7, 11) is 1.57. The van der Waals surface area contributed by atoms with Gasteiger partial charge in [0, 0.05) is 6.54 Å². The summed E-state index contributed by atoms with van der Waals surface area (Å²) in [6.07, 6.45) is -0.731. The molecule has 1 unspecified atom stereocenters. The second-order valence-corrected chi connectivity index (χ2v) is 6.10. The van der Waals surface area contributed by atoms with E-state index in [0.29, 0.717) is 18.0 Å². The van der Waals surface area contributed by atoms with Crippen LogP contribution in [0.1, 0.15) is 29.7 Å². The molecule has 25 heavy (non-hydrogen) atoms. The Morgan fingerprint density at radius 1 is 1.16 bits per heavy atom. The third-order valence-electron chi connectivity index (χ3n) is 4.12. The molecule has 5 nitrogen and oxygen atoms in total. The summed E-state index contributed by atoms with van der Waals surface area (Å²) in [6.45, 7) is 6.54. The smallest absolute Gasteiger partial charge is 0.322 e. The Bertz CT molecular complexity index is 713. The summed E-state index contributed by atoms with van der Waals surface area (Å²) in [6, 6.07) is 13.0. The molecule has 2 rings (SSSR count). The Morgan fingerprint density at radius 2 is 1.80 bits per heavy atom. The van der Waals surface area contributed by atoms with Crippen molar-refractivity contribution in [3.63, 3.8) is 0 Å². The van der Waals surface area contributed by atoms with Gasteiger partial charge in [0.05, 0.1) is 25.4 Å². The van der Waals surface area contributed by atoms with Gasteiger partial charge >= 0.3 is 6.03 Å². The second-order valence-electron chi connectivity index (χ2n) is 6.10. The average molecular weight is 342 g/mol. The maximum absolute atomic E-state index is 12.6. The average Bonchev–Trinajstić information content (AvgIpc) is 2.60. The van der Waals surface area contributed by atoms with Gasteiger partial charge in [-0.2, -0.15) is 0 Å². The molecule has 0 aromatic heterocycles. The molecule has 0 saturated carbocycles. The molecular formula is C20H26N2O3. The van der Waals surface area contributed by atoms with Gasteiger partial charge in [-0.15, -0.1) is 0 Å². The van der Waals surface area contributed by atoms with Crippen molar-refractivity contribution >= 4 is 11.7 Å². The molecule has 2 amide bonds. The molecule has 0 aliphatic heterocycles. The van der Waals surface area contributed by atoms with Crippen LogP contribution in [0.4, 0.5) is 10.5 Å². The molecule has 0 fully saturated rings. The number of ether oxygens (including phenoxy) is 1. The van der Waals surface area contributed by atoms with Gasteiger partial charge in [0.2, 0.25) is 0 Å². The van der Waals surface area contributed by atoms with E-state index in [1.54, 1.807) is 12.0 Å². The number of aryl methyl sites for hydroxylation is 2. The number of rotatable bonds is 6. The highest BCUT2D eigenvalue weighted by molar-refractivity contribution is 5.91. The molecule has 2 aromatic rings. The van der Waals surface area contributed by atoms with Gasteiger partial charge in [-0.1, -0.05) is 35.9 Å². The van der Waals surface area contributed by atoms with E-state index in [9.17, 15) is 9.90 Å². The van der Waals surface area contributed by atoms with Crippen LogP contribution in [0.5, 0.6) is 5.75 Å². The van der Waals surface area contributed by atoms with Crippen molar-refractivity contribution in [1.29, 1.82) is 0 Å². The quantitative estimate of drug-likeness (QED) is 0.837. The first-order valence-electron chi connectivity index (χ1n) is 8.39. The Morgan fingerprint density at radius 3 is 2.40 bits per heavy atom. The molecule has 0 spiro atoms. The second kappa shape index (κ2) is 8.53. The highest BCUT2D eigenvalue weighted by Crippen LogP contribution is 2.25. The third-order valence-corrected chi connectivity index (χ3v) is 4.12. The fourth-order valence-electron chi connectivity index (χ4n) is 2.57. The van der Waals surface area contributed by atoms with Crippen LogP contribution in [0.2, 0.25) is 0 Å². The molecule has 1 atom stereocenters. The Labute approximate surface area is 149 Å². The number of hydrogen-bond acceptors (Lipinski definition) is 3. The molecule has 5 heteroatoms. The van der Waals surface area contributed by atoms with E-state index in [1.807, 2.05) is 63.2 Å². The third kappa shape index (κ3) is 4.97. The fraction of sp³-hybridized carbons (Fsp3) is 0.350. The molecule has 0 heterocycles. The van der Waals surface area contributed by atoms with E-state index in [1.165, 1.54) is 0 Å². The zero-order valence-electron chi connectivity index (χ0n) is 15.2. The van der Waals surface area contributed by atoms with Crippen LogP contribution in [0, 0.1) is 13.8 Å². The molecule has 0 aliphatic rings. The first kappa shape index (κ1) is 18.8. The van der Waals surface area contributed by atoms with Crippen LogP contribution in [-0.4, -0.2) is 36.2 Å². The van der Waals surface area contributed by atoms with Gasteiger partial charge in [-0.25, -0.2) is 4.79 Å². The van der Waals surface area contributed by atoms with Gasteiger partial charge < -0.3 is 20.1 Å². The number of aliphatic hydroxyl groups excluding tert-OH is 1. The van der Waals surface area contributed by atoms with Crippen LogP contribution in [0.3, 0.4) is 0 Å². The standard InChI is InChI=1S/C20H26N2O3/c1-5-22(13-18(23)16-9-6-14(2)7-10-16)20(24)21-17-12-15(3)8-11-19(17)25-4/h6-12,18,23H,5,13H2,1-4H3,(H,21,24). The molecule has 0 saturated heterocycles. The molecule has 0 aliphatic carbocycles. The van der Waals surface area contributed by atoms with Gasteiger partial charge in [0.25, 0.3) is 0 Å². The fourth-order valence-corrected chi connectivity index (χ4v) is 2.57. The van der Waals surface area contributed by atoms with Crippen molar-refractivity contribution in [3.8, 4) is 5.75 Å². The first-order chi connectivity index (χ1) is 11.9. The number of urea groups is 1. The van der Waals surface area contributed by atoms with E-state index in [0.717, 1.165) is 16.7 Å². The molecule has 134 valence electrons. The van der Waals surface area contributed by atoms with Crippen molar-refractivity contribution in [2.75, 3.05) is 25.5 Å². The van der Waals surface area contributed by atoms with E-state index in [4.69, 9.17) is 4.74 Å². The highest BCUT2D eigenvalue weighted by Gasteiger charge is 2.18. The first-order valence-corrected chi connectivity index (χ1v) is 8.39. The zero-order valence-corrected chi connectivity index (χ0v) is 15.2. The van der Waals surface area contributed by atoms with Gasteiger partial charge in [0.1, 0.15) is 5.75 Å². The van der Waals surface area contributed by atoms with Crippen LogP contribution in [0.15, 0.2) is 42.5 Å². The predicted molar refractivity (Wildman–Crippen MR) is 100 cm³/mol. The topological polar surface area (TPSA) is 61.8 Å². The molecule has 0 radical (unpaired) electrons. The monoisotopic (exact) mass is 342 g/mol. The minimum absolute atomic E-state index is 0.222. The maximum Gasteiger partial charge on any atom is 0.322 e. The number of amides is 2. The summed E-state index contributed by atoms with van der Waals surface area (Å²) >= 11 is 0. The lowest BCUT2D eigenvalue weighted by atomic mass is 10.1. The van der Waals surface area contributed by atoms with E-state index in [2.05, 4.69) is 5.32 Å². The minimum atomic E-state index is -0.731. The van der Waals surface area contributed by atoms with Crippen LogP contribution < -0.4 is 10.1 Å². The zero-order chi connectivity index (χ0) is 18.4. The van der Waals surface area contributed by atoms with E-state index >= 15 is 0 Å². The van der Waals surface area contributed by atoms with Gasteiger partial charge in [-0.3, -0.25) is 0 Å². The van der Waals surface area contributed by atoms with Crippen LogP contribution in [-0.2, 0) is 0 Å². The summed E-state index contributed by atoms with van der Waals surface area (Å²) in [5.74, 6) is 0.606. The number of hydrogen-bond donors (Lipinski definition) is 2. The molecule has 2 aromatic carbocycles. The summed E-state index contributed by atoms with van der Waals surface area (Å²) in [5, 5.41) is 13.3. The lowest BCUT2D eigenvalue weighted by Gasteiger charge is -2.25. The predicted octanol–water partition coefficient (Wildman–Crippen LogP) is 3.90. The van der Waals surface area contributed by atoms with Gasteiger partial charge in [0.15, 0.2) is 0 Å². The number of benzene rings is 2. The molecule has 0 bridgehead atoms. The van der Waals surface area contributed by atoms with Crippen molar-refractivity contribution in [1.82, 2.24) is 4.90 Å². The van der Waals surface area contributed by atoms with Crippen molar-refractivity contribution in [3.05, 3.63) is 59.2 Å². The number of carbonyl (C=O) groups is 1. The summed E-state index contributed by atoms with van der Waals surface area (Å²) < 4.78 is 5.29. The van der Waals surface area contributed by atoms with Crippen molar-refractivity contribution in [2.24, 2.45) is 0 Å². The highest BCUT2D eigenvalue weighted by atomic mass is 16.5. The summed E-state index contributed by atoms with van der Waals surface area (Å²) in [4.78, 5) is 14.2. The lowest BCUT2D eigenvalue weighted by Crippen LogP contribution is -2.37. The minimum Gasteiger partial charge on any atom is -0.495 e. The summed E-state index contributed by atoms with van der Waals surface area (Å²) in [5.41, 5.74) is 3.58. The largest absolute Gasteiger partial charge is 0.495 e.